The number of carboxylic acid groups (broad SMARTS) is 1. The van der Waals surface area contributed by atoms with Gasteiger partial charge in [0.15, 0.2) is 0 Å². The highest BCUT2D eigenvalue weighted by Gasteiger charge is 2.45. The molecule has 0 aromatic rings. The Morgan fingerprint density at radius 1 is 1.35 bits per heavy atom. The quantitative estimate of drug-likeness (QED) is 0.730. The fourth-order valence-corrected chi connectivity index (χ4v) is 2.17. The number of alkyl halides is 3. The molecule has 1 amide bonds. The van der Waals surface area contributed by atoms with Crippen LogP contribution in [0.1, 0.15) is 27.2 Å². The van der Waals surface area contributed by atoms with Gasteiger partial charge in [0.1, 0.15) is 0 Å². The molecule has 1 saturated heterocycles. The molecule has 17 heavy (non-hydrogen) atoms. The second-order valence-electron chi connectivity index (χ2n) is 5.18. The molecule has 1 N–H and O–H groups in total. The Morgan fingerprint density at radius 3 is 2.18 bits per heavy atom. The lowest BCUT2D eigenvalue weighted by atomic mass is 10.0. The van der Waals surface area contributed by atoms with E-state index in [1.807, 2.05) is 0 Å². The topological polar surface area (TPSA) is 43.8 Å². The summed E-state index contributed by atoms with van der Waals surface area (Å²) >= 11 is 0. The summed E-state index contributed by atoms with van der Waals surface area (Å²) in [7, 11) is 0. The van der Waals surface area contributed by atoms with Crippen LogP contribution in [0.15, 0.2) is 0 Å². The van der Waals surface area contributed by atoms with Crippen LogP contribution in [0.5, 0.6) is 0 Å². The zero-order valence-electron chi connectivity index (χ0n) is 10.1. The molecule has 0 aliphatic carbocycles. The first kappa shape index (κ1) is 14.1. The number of nitrogens with zero attached hydrogens (tertiary/aromatic N) is 2. The summed E-state index contributed by atoms with van der Waals surface area (Å²) < 4.78 is 37.4. The minimum Gasteiger partial charge on any atom is -0.465 e. The van der Waals surface area contributed by atoms with Gasteiger partial charge < -0.3 is 5.11 Å². The van der Waals surface area contributed by atoms with E-state index in [1.165, 1.54) is 0 Å². The van der Waals surface area contributed by atoms with Gasteiger partial charge in [-0.2, -0.15) is 13.2 Å². The molecule has 1 fully saturated rings. The Kier molecular flexibility index (Phi) is 3.61. The lowest BCUT2D eigenvalue weighted by Crippen LogP contribution is -2.52. The molecule has 0 spiro atoms. The van der Waals surface area contributed by atoms with Crippen molar-refractivity contribution in [3.8, 4) is 0 Å². The molecule has 7 heteroatoms. The van der Waals surface area contributed by atoms with E-state index in [-0.39, 0.29) is 19.5 Å². The average molecular weight is 254 g/mol. The minimum absolute atomic E-state index is 0.145. The molecule has 0 bridgehead atoms. The first-order valence-corrected chi connectivity index (χ1v) is 5.37. The molecule has 1 rings (SSSR count). The molecular formula is C10H17F3N2O2. The molecule has 1 heterocycles. The third-order valence-corrected chi connectivity index (χ3v) is 2.82. The highest BCUT2D eigenvalue weighted by atomic mass is 19.4. The van der Waals surface area contributed by atoms with Crippen molar-refractivity contribution in [1.29, 1.82) is 0 Å². The zero-order chi connectivity index (χ0) is 13.4. The van der Waals surface area contributed by atoms with Crippen molar-refractivity contribution >= 4 is 6.09 Å². The summed E-state index contributed by atoms with van der Waals surface area (Å²) in [6, 6.07) is -0.603. The molecule has 0 saturated carbocycles. The van der Waals surface area contributed by atoms with Gasteiger partial charge in [-0.05, 0) is 27.2 Å². The van der Waals surface area contributed by atoms with Crippen LogP contribution in [0, 0.1) is 0 Å². The van der Waals surface area contributed by atoms with E-state index in [2.05, 4.69) is 0 Å². The Hall–Kier alpha value is -0.980. The molecule has 1 aliphatic rings. The summed E-state index contributed by atoms with van der Waals surface area (Å²) in [5.74, 6) is 0. The smallest absolute Gasteiger partial charge is 0.459 e. The van der Waals surface area contributed by atoms with Gasteiger partial charge >= 0.3 is 12.4 Å². The number of amides is 1. The number of rotatable bonds is 1. The fraction of sp³-hybridized carbons (Fsp3) is 0.900. The standard InChI is InChI=1S/C10H17F3N2O2/c1-9(2,3)15(8(16)17)7-4-5-14(6-7)10(11,12)13/h7H,4-6H2,1-3H3,(H,16,17). The van der Waals surface area contributed by atoms with E-state index in [0.717, 1.165) is 4.90 Å². The predicted molar refractivity (Wildman–Crippen MR) is 55.6 cm³/mol. The van der Waals surface area contributed by atoms with E-state index < -0.39 is 24.0 Å². The SMILES string of the molecule is CC(C)(C)N(C(=O)O)C1CCN(C(F)(F)F)C1. The summed E-state index contributed by atoms with van der Waals surface area (Å²) in [6.45, 7) is 4.60. The Bertz CT molecular complexity index is 299. The zero-order valence-corrected chi connectivity index (χ0v) is 10.1. The van der Waals surface area contributed by atoms with Crippen LogP contribution in [0.2, 0.25) is 0 Å². The van der Waals surface area contributed by atoms with Crippen molar-refractivity contribution in [3.63, 3.8) is 0 Å². The molecule has 1 aliphatic heterocycles. The molecule has 0 aromatic carbocycles. The highest BCUT2D eigenvalue weighted by Crippen LogP contribution is 2.30. The van der Waals surface area contributed by atoms with E-state index in [0.29, 0.717) is 4.90 Å². The number of likely N-dealkylation sites (tertiary alicyclic amines) is 1. The van der Waals surface area contributed by atoms with Crippen LogP contribution in [0.3, 0.4) is 0 Å². The van der Waals surface area contributed by atoms with Gasteiger partial charge in [0.25, 0.3) is 0 Å². The van der Waals surface area contributed by atoms with E-state index in [9.17, 15) is 18.0 Å². The van der Waals surface area contributed by atoms with Crippen LogP contribution >= 0.6 is 0 Å². The van der Waals surface area contributed by atoms with Gasteiger partial charge in [0, 0.05) is 24.7 Å². The summed E-state index contributed by atoms with van der Waals surface area (Å²) in [5, 5.41) is 9.08. The van der Waals surface area contributed by atoms with Crippen molar-refractivity contribution < 1.29 is 23.1 Å². The monoisotopic (exact) mass is 254 g/mol. The molecule has 1 unspecified atom stereocenters. The molecule has 1 atom stereocenters. The van der Waals surface area contributed by atoms with Crippen molar-refractivity contribution in [1.82, 2.24) is 9.80 Å². The third kappa shape index (κ3) is 3.24. The summed E-state index contributed by atoms with van der Waals surface area (Å²) in [6.07, 6.45) is -5.34. The van der Waals surface area contributed by atoms with Crippen molar-refractivity contribution in [2.24, 2.45) is 0 Å². The molecule has 4 nitrogen and oxygen atoms in total. The van der Waals surface area contributed by atoms with Crippen LogP contribution in [0.25, 0.3) is 0 Å². The Morgan fingerprint density at radius 2 is 1.88 bits per heavy atom. The molecule has 0 aromatic heterocycles. The Labute approximate surface area is 98.0 Å². The summed E-state index contributed by atoms with van der Waals surface area (Å²) in [4.78, 5) is 12.6. The van der Waals surface area contributed by atoms with Gasteiger partial charge in [-0.25, -0.2) is 9.69 Å². The van der Waals surface area contributed by atoms with E-state index in [4.69, 9.17) is 5.11 Å². The van der Waals surface area contributed by atoms with Crippen LogP contribution in [-0.2, 0) is 0 Å². The molecule has 0 radical (unpaired) electrons. The number of halogens is 3. The number of carbonyl (C=O) groups is 1. The lowest BCUT2D eigenvalue weighted by molar-refractivity contribution is -0.239. The molecule has 100 valence electrons. The fourth-order valence-electron chi connectivity index (χ4n) is 2.17. The maximum atomic E-state index is 12.5. The number of hydrogen-bond donors (Lipinski definition) is 1. The van der Waals surface area contributed by atoms with Crippen LogP contribution in [-0.4, -0.2) is 52.0 Å². The van der Waals surface area contributed by atoms with Gasteiger partial charge in [0.05, 0.1) is 0 Å². The molecular weight excluding hydrogens is 237 g/mol. The van der Waals surface area contributed by atoms with Crippen molar-refractivity contribution in [3.05, 3.63) is 0 Å². The van der Waals surface area contributed by atoms with Gasteiger partial charge in [-0.15, -0.1) is 0 Å². The second-order valence-corrected chi connectivity index (χ2v) is 5.18. The first-order valence-electron chi connectivity index (χ1n) is 5.37. The summed E-state index contributed by atoms with van der Waals surface area (Å²) in [5.41, 5.74) is -0.696. The van der Waals surface area contributed by atoms with E-state index in [1.54, 1.807) is 20.8 Å². The van der Waals surface area contributed by atoms with Gasteiger partial charge in [-0.1, -0.05) is 0 Å². The lowest BCUT2D eigenvalue weighted by Gasteiger charge is -2.38. The first-order chi connectivity index (χ1) is 7.53. The van der Waals surface area contributed by atoms with Crippen LogP contribution < -0.4 is 0 Å². The van der Waals surface area contributed by atoms with Gasteiger partial charge in [-0.3, -0.25) is 4.90 Å². The third-order valence-electron chi connectivity index (χ3n) is 2.82. The number of hydrogen-bond acceptors (Lipinski definition) is 2. The van der Waals surface area contributed by atoms with Crippen molar-refractivity contribution in [2.45, 2.75) is 45.1 Å². The normalized spacial score (nSPS) is 22.8. The largest absolute Gasteiger partial charge is 0.465 e. The van der Waals surface area contributed by atoms with E-state index >= 15 is 0 Å². The maximum Gasteiger partial charge on any atom is 0.459 e. The minimum atomic E-state index is -4.38. The van der Waals surface area contributed by atoms with Gasteiger partial charge in [0.2, 0.25) is 0 Å². The Balaban J connectivity index is 2.78. The second kappa shape index (κ2) is 4.36. The maximum absolute atomic E-state index is 12.5. The highest BCUT2D eigenvalue weighted by molar-refractivity contribution is 5.66. The van der Waals surface area contributed by atoms with Crippen molar-refractivity contribution in [2.75, 3.05) is 13.1 Å². The van der Waals surface area contributed by atoms with Crippen LogP contribution in [0.4, 0.5) is 18.0 Å². The average Bonchev–Trinajstić information content (AvgIpc) is 2.47. The predicted octanol–water partition coefficient (Wildman–Crippen LogP) is 2.36.